The average Bonchev–Trinajstić information content (AvgIpc) is 3.32. The number of methoxy groups -OCH3 is 1. The monoisotopic (exact) mass is 595 g/mol. The number of aliphatic carboxylic acids is 1. The third kappa shape index (κ3) is 4.88. The third-order valence-corrected chi connectivity index (χ3v) is 6.44. The largest absolute Gasteiger partial charge is 0.493 e. The van der Waals surface area contributed by atoms with Crippen LogP contribution in [-0.2, 0) is 4.79 Å². The molecule has 0 bridgehead atoms. The van der Waals surface area contributed by atoms with Gasteiger partial charge < -0.3 is 19.0 Å². The maximum atomic E-state index is 13.5. The van der Waals surface area contributed by atoms with E-state index >= 15 is 0 Å². The number of para-hydroxylation sites is 1. The molecule has 0 saturated carbocycles. The predicted octanol–water partition coefficient (Wildman–Crippen LogP) is 5.97. The molecule has 5 aromatic rings. The van der Waals surface area contributed by atoms with Gasteiger partial charge in [-0.25, -0.2) is 9.78 Å². The van der Waals surface area contributed by atoms with Crippen molar-refractivity contribution in [2.75, 3.05) is 7.11 Å². The van der Waals surface area contributed by atoms with Crippen molar-refractivity contribution in [3.63, 3.8) is 0 Å². The highest BCUT2D eigenvalue weighted by molar-refractivity contribution is 9.10. The third-order valence-electron chi connectivity index (χ3n) is 5.67. The van der Waals surface area contributed by atoms with E-state index in [2.05, 4.69) is 26.0 Å². The lowest BCUT2D eigenvalue weighted by Gasteiger charge is -2.15. The van der Waals surface area contributed by atoms with Gasteiger partial charge in [-0.3, -0.25) is 4.79 Å². The molecule has 38 heavy (non-hydrogen) atoms. The highest BCUT2D eigenvalue weighted by atomic mass is 79.9. The number of aromatic nitrogens is 2. The van der Waals surface area contributed by atoms with Crippen molar-refractivity contribution in [2.45, 2.75) is 13.0 Å². The van der Waals surface area contributed by atoms with E-state index in [9.17, 15) is 9.59 Å². The molecule has 1 atom stereocenters. The first kappa shape index (κ1) is 25.5. The van der Waals surface area contributed by atoms with E-state index in [-0.39, 0.29) is 22.3 Å². The molecule has 0 amide bonds. The lowest BCUT2D eigenvalue weighted by Crippen LogP contribution is -2.23. The standard InChI is InChI=1S/C27H19BrClN3O6/c1-14(27(34)35)37-24-19(29)9-15(10-22(24)36-2)13-30-32-25(31-20-6-4-3-5-18(20)26(32)33)23-12-16-11-17(28)7-8-21(16)38-23/h3-14H,1-2H3,(H,34,35)/t14-/m1/s1. The van der Waals surface area contributed by atoms with Crippen molar-refractivity contribution < 1.29 is 23.8 Å². The van der Waals surface area contributed by atoms with Gasteiger partial charge in [-0.1, -0.05) is 39.7 Å². The van der Waals surface area contributed by atoms with Crippen LogP contribution in [0.25, 0.3) is 33.5 Å². The summed E-state index contributed by atoms with van der Waals surface area (Å²) < 4.78 is 18.9. The van der Waals surface area contributed by atoms with Gasteiger partial charge in [-0.15, -0.1) is 0 Å². The summed E-state index contributed by atoms with van der Waals surface area (Å²) in [5.74, 6) is -0.285. The summed E-state index contributed by atoms with van der Waals surface area (Å²) in [7, 11) is 1.40. The molecule has 5 rings (SSSR count). The summed E-state index contributed by atoms with van der Waals surface area (Å²) in [4.78, 5) is 29.4. The summed E-state index contributed by atoms with van der Waals surface area (Å²) in [5, 5.41) is 14.9. The van der Waals surface area contributed by atoms with Crippen LogP contribution in [0.3, 0.4) is 0 Å². The normalized spacial score (nSPS) is 12.3. The Balaban J connectivity index is 1.63. The number of furan rings is 1. The summed E-state index contributed by atoms with van der Waals surface area (Å²) >= 11 is 9.83. The lowest BCUT2D eigenvalue weighted by atomic mass is 10.2. The van der Waals surface area contributed by atoms with Crippen LogP contribution < -0.4 is 15.0 Å². The number of carboxylic acid groups (broad SMARTS) is 1. The van der Waals surface area contributed by atoms with Crippen LogP contribution in [0.2, 0.25) is 5.02 Å². The van der Waals surface area contributed by atoms with E-state index in [4.69, 9.17) is 30.6 Å². The molecule has 0 aliphatic heterocycles. The number of carbonyl (C=O) groups is 1. The van der Waals surface area contributed by atoms with Crippen LogP contribution in [0.4, 0.5) is 0 Å². The van der Waals surface area contributed by atoms with Gasteiger partial charge in [0.15, 0.2) is 23.4 Å². The number of benzene rings is 3. The van der Waals surface area contributed by atoms with Gasteiger partial charge >= 0.3 is 5.97 Å². The Morgan fingerprint density at radius 2 is 2.00 bits per heavy atom. The molecule has 0 spiro atoms. The molecule has 192 valence electrons. The Labute approximate surface area is 229 Å². The summed E-state index contributed by atoms with van der Waals surface area (Å²) in [6.07, 6.45) is 0.273. The Bertz CT molecular complexity index is 1800. The van der Waals surface area contributed by atoms with Crippen LogP contribution in [0.1, 0.15) is 12.5 Å². The Morgan fingerprint density at radius 1 is 1.21 bits per heavy atom. The summed E-state index contributed by atoms with van der Waals surface area (Å²) in [6.45, 7) is 1.38. The van der Waals surface area contributed by atoms with Gasteiger partial charge in [0.05, 0.1) is 29.2 Å². The topological polar surface area (TPSA) is 116 Å². The highest BCUT2D eigenvalue weighted by Gasteiger charge is 2.20. The molecule has 0 fully saturated rings. The number of rotatable bonds is 7. The highest BCUT2D eigenvalue weighted by Crippen LogP contribution is 2.37. The molecular weight excluding hydrogens is 578 g/mol. The van der Waals surface area contributed by atoms with Crippen molar-refractivity contribution in [3.8, 4) is 23.1 Å². The molecule has 0 unspecified atom stereocenters. The molecule has 0 radical (unpaired) electrons. The molecule has 11 heteroatoms. The van der Waals surface area contributed by atoms with E-state index in [1.807, 2.05) is 18.2 Å². The zero-order valence-electron chi connectivity index (χ0n) is 20.0. The van der Waals surface area contributed by atoms with E-state index in [1.165, 1.54) is 26.3 Å². The van der Waals surface area contributed by atoms with Gasteiger partial charge in [0, 0.05) is 9.86 Å². The van der Waals surface area contributed by atoms with E-state index in [0.717, 1.165) is 14.5 Å². The van der Waals surface area contributed by atoms with Crippen molar-refractivity contribution >= 4 is 61.6 Å². The smallest absolute Gasteiger partial charge is 0.344 e. The maximum absolute atomic E-state index is 13.5. The number of ether oxygens (including phenoxy) is 2. The zero-order valence-corrected chi connectivity index (χ0v) is 22.4. The van der Waals surface area contributed by atoms with Crippen LogP contribution >= 0.6 is 27.5 Å². The Kier molecular flexibility index (Phi) is 6.92. The minimum Gasteiger partial charge on any atom is -0.493 e. The summed E-state index contributed by atoms with van der Waals surface area (Å²) in [6, 6.07) is 17.4. The first-order valence-electron chi connectivity index (χ1n) is 11.3. The number of hydrogen-bond donors (Lipinski definition) is 1. The molecular formula is C27H19BrClN3O6. The minimum atomic E-state index is -1.15. The van der Waals surface area contributed by atoms with E-state index in [1.54, 1.807) is 36.4 Å². The molecule has 3 aromatic carbocycles. The first-order valence-corrected chi connectivity index (χ1v) is 12.4. The fraction of sp³-hybridized carbons (Fsp3) is 0.111. The number of fused-ring (bicyclic) bond motifs is 2. The van der Waals surface area contributed by atoms with Gasteiger partial charge in [0.25, 0.3) is 5.56 Å². The number of carboxylic acids is 1. The van der Waals surface area contributed by atoms with Crippen molar-refractivity contribution in [1.29, 1.82) is 0 Å². The molecule has 0 saturated heterocycles. The van der Waals surface area contributed by atoms with Gasteiger partial charge in [0.2, 0.25) is 5.82 Å². The second kappa shape index (κ2) is 10.3. The second-order valence-corrected chi connectivity index (χ2v) is 9.56. The second-order valence-electron chi connectivity index (χ2n) is 8.24. The first-order chi connectivity index (χ1) is 18.2. The van der Waals surface area contributed by atoms with Crippen molar-refractivity contribution in [2.24, 2.45) is 5.10 Å². The quantitative estimate of drug-likeness (QED) is 0.230. The Morgan fingerprint density at radius 3 is 2.76 bits per heavy atom. The zero-order chi connectivity index (χ0) is 27.0. The van der Waals surface area contributed by atoms with Crippen LogP contribution in [0.5, 0.6) is 11.5 Å². The molecule has 2 aromatic heterocycles. The molecule has 0 aliphatic carbocycles. The Hall–Kier alpha value is -4.15. The van der Waals surface area contributed by atoms with Gasteiger partial charge in [-0.2, -0.15) is 9.78 Å². The predicted molar refractivity (Wildman–Crippen MR) is 148 cm³/mol. The molecule has 1 N–H and O–H groups in total. The minimum absolute atomic E-state index is 0.0832. The lowest BCUT2D eigenvalue weighted by molar-refractivity contribution is -0.144. The fourth-order valence-corrected chi connectivity index (χ4v) is 4.44. The number of nitrogens with zero attached hydrogens (tertiary/aromatic N) is 3. The van der Waals surface area contributed by atoms with Crippen LogP contribution in [0, 0.1) is 0 Å². The van der Waals surface area contributed by atoms with Gasteiger partial charge in [0.1, 0.15) is 5.58 Å². The van der Waals surface area contributed by atoms with Crippen molar-refractivity contribution in [3.05, 3.63) is 86.1 Å². The molecule has 0 aliphatic rings. The van der Waals surface area contributed by atoms with Crippen molar-refractivity contribution in [1.82, 2.24) is 9.66 Å². The maximum Gasteiger partial charge on any atom is 0.344 e. The van der Waals surface area contributed by atoms with E-state index in [0.29, 0.717) is 27.8 Å². The fourth-order valence-electron chi connectivity index (χ4n) is 3.79. The average molecular weight is 597 g/mol. The van der Waals surface area contributed by atoms with Crippen LogP contribution in [0.15, 0.2) is 79.4 Å². The van der Waals surface area contributed by atoms with Gasteiger partial charge in [-0.05, 0) is 61.0 Å². The SMILES string of the molecule is COc1cc(C=Nn2c(-c3cc4cc(Br)ccc4o3)nc3ccccc3c2=O)cc(Cl)c1O[C@H](C)C(=O)O. The van der Waals surface area contributed by atoms with Crippen LogP contribution in [-0.4, -0.2) is 40.2 Å². The number of hydrogen-bond acceptors (Lipinski definition) is 7. The molecule has 9 nitrogen and oxygen atoms in total. The summed E-state index contributed by atoms with van der Waals surface area (Å²) in [5.41, 5.74) is 1.21. The van der Waals surface area contributed by atoms with E-state index < -0.39 is 17.6 Å². The molecule has 2 heterocycles. The number of halogens is 2.